The predicted octanol–water partition coefficient (Wildman–Crippen LogP) is 9.70. The topological polar surface area (TPSA) is 9.34 Å². The van der Waals surface area contributed by atoms with Gasteiger partial charge >= 0.3 is 0 Å². The summed E-state index contributed by atoms with van der Waals surface area (Å²) in [7, 11) is 0. The molecule has 0 N–H and O–H groups in total. The minimum absolute atomic E-state index is 0.0755. The zero-order valence-corrected chi connectivity index (χ0v) is 34.8. The Balaban J connectivity index is 1.32. The lowest BCUT2D eigenvalue weighted by Crippen LogP contribution is -2.64. The van der Waals surface area contributed by atoms with Crippen LogP contribution in [0.25, 0.3) is 87.5 Å². The summed E-state index contributed by atoms with van der Waals surface area (Å²) in [5.41, 5.74) is 27.2. The van der Waals surface area contributed by atoms with Crippen LogP contribution in [0.5, 0.6) is 0 Å². The molecular weight excluding hydrogens is 722 g/mol. The Labute approximate surface area is 349 Å². The Morgan fingerprint density at radius 3 is 1.25 bits per heavy atom. The molecule has 0 aliphatic carbocycles. The number of para-hydroxylation sites is 1. The smallest absolute Gasteiger partial charge is 0.247 e. The second-order valence-corrected chi connectivity index (χ2v) is 18.3. The first-order valence-corrected chi connectivity index (χ1v) is 21.6. The molecule has 0 radical (unpaired) electrons. The monoisotopic (exact) mass is 762 g/mol. The van der Waals surface area contributed by atoms with E-state index in [4.69, 9.17) is 0 Å². The van der Waals surface area contributed by atoms with Gasteiger partial charge in [0.05, 0.1) is 27.6 Å². The van der Waals surface area contributed by atoms with Crippen LogP contribution >= 0.6 is 0 Å². The summed E-state index contributed by atoms with van der Waals surface area (Å²) in [5.74, 6) is 0. The van der Waals surface area contributed by atoms with Gasteiger partial charge in [0, 0.05) is 27.2 Å². The Bertz CT molecular complexity index is 3640. The molecule has 9 aromatic carbocycles. The Morgan fingerprint density at radius 2 is 0.783 bits per heavy atom. The van der Waals surface area contributed by atoms with Gasteiger partial charge < -0.3 is 8.97 Å². The van der Waals surface area contributed by atoms with Gasteiger partial charge in [-0.2, -0.15) is 0 Å². The third-order valence-corrected chi connectivity index (χ3v) is 15.1. The van der Waals surface area contributed by atoms with Crippen molar-refractivity contribution in [2.45, 2.75) is 41.5 Å². The van der Waals surface area contributed by atoms with Gasteiger partial charge in [0.25, 0.3) is 0 Å². The molecule has 0 unspecified atom stereocenters. The fourth-order valence-electron chi connectivity index (χ4n) is 12.9. The minimum Gasteiger partial charge on any atom is -0.308 e. The van der Waals surface area contributed by atoms with E-state index in [2.05, 4.69) is 184 Å². The Hall–Kier alpha value is -6.77. The van der Waals surface area contributed by atoms with E-state index >= 15 is 0 Å². The van der Waals surface area contributed by atoms with Crippen molar-refractivity contribution in [2.24, 2.45) is 0 Å². The number of aryl methyl sites for hydroxylation is 6. The molecule has 0 atom stereocenters. The summed E-state index contributed by atoms with van der Waals surface area (Å²) in [6.07, 6.45) is 0. The molecule has 5 heterocycles. The highest BCUT2D eigenvalue weighted by atomic mass is 15.1. The highest BCUT2D eigenvalue weighted by molar-refractivity contribution is 7.02. The molecule has 0 saturated heterocycles. The van der Waals surface area contributed by atoms with Gasteiger partial charge in [-0.1, -0.05) is 155 Å². The number of hydrogen-bond donors (Lipinski definition) is 0. The average Bonchev–Trinajstić information content (AvgIpc) is 3.24. The molecule has 2 aliphatic heterocycles. The lowest BCUT2D eigenvalue weighted by molar-refractivity contribution is 1.15. The summed E-state index contributed by atoms with van der Waals surface area (Å²) >= 11 is 0. The summed E-state index contributed by atoms with van der Waals surface area (Å²) in [4.78, 5) is 0. The van der Waals surface area contributed by atoms with Gasteiger partial charge in [0.2, 0.25) is 13.4 Å². The highest BCUT2D eigenvalue weighted by Crippen LogP contribution is 2.48. The quantitative estimate of drug-likeness (QED) is 0.0964. The SMILES string of the molecule is Cc1cccc(C)c1B1c2cccc3c2-n2c4c1cc1cccc5c6cc(-c7c(C)cccc7C)cc7c8cccc9cc(c2c(c98)n(c67)c4c15)B3c1c(C)cccc1C. The number of hydrogen-bond acceptors (Lipinski definition) is 0. The van der Waals surface area contributed by atoms with Crippen LogP contribution < -0.4 is 32.8 Å². The van der Waals surface area contributed by atoms with Gasteiger partial charge in [0.15, 0.2) is 0 Å². The molecule has 4 heteroatoms. The van der Waals surface area contributed by atoms with Crippen LogP contribution in [0.15, 0.2) is 133 Å². The van der Waals surface area contributed by atoms with E-state index < -0.39 is 0 Å². The third kappa shape index (κ3) is 3.77. The highest BCUT2D eigenvalue weighted by Gasteiger charge is 2.43. The number of aromatic nitrogens is 2. The first-order chi connectivity index (χ1) is 29.3. The lowest BCUT2D eigenvalue weighted by atomic mass is 9.30. The maximum atomic E-state index is 2.76. The van der Waals surface area contributed by atoms with Crippen LogP contribution in [-0.4, -0.2) is 22.4 Å². The fourth-order valence-corrected chi connectivity index (χ4v) is 12.9. The zero-order chi connectivity index (χ0) is 40.0. The molecule has 0 bridgehead atoms. The summed E-state index contributed by atoms with van der Waals surface area (Å²) in [6.45, 7) is 14.0. The molecule has 3 aromatic heterocycles. The first kappa shape index (κ1) is 33.1. The van der Waals surface area contributed by atoms with E-state index in [1.807, 2.05) is 0 Å². The maximum absolute atomic E-state index is 2.76. The second kappa shape index (κ2) is 11.1. The normalized spacial score (nSPS) is 13.4. The van der Waals surface area contributed by atoms with E-state index in [0.29, 0.717) is 0 Å². The second-order valence-electron chi connectivity index (χ2n) is 18.3. The van der Waals surface area contributed by atoms with Crippen LogP contribution in [-0.2, 0) is 0 Å². The molecule has 14 rings (SSSR count). The number of nitrogens with zero attached hydrogens (tertiary/aromatic N) is 2. The van der Waals surface area contributed by atoms with Crippen molar-refractivity contribution >= 4 is 117 Å². The van der Waals surface area contributed by atoms with Crippen LogP contribution in [0.3, 0.4) is 0 Å². The third-order valence-electron chi connectivity index (χ3n) is 15.1. The van der Waals surface area contributed by atoms with E-state index in [-0.39, 0.29) is 13.4 Å². The van der Waals surface area contributed by atoms with Crippen LogP contribution in [0.4, 0.5) is 0 Å². The van der Waals surface area contributed by atoms with E-state index in [9.17, 15) is 0 Å². The van der Waals surface area contributed by atoms with Crippen molar-refractivity contribution in [1.29, 1.82) is 0 Å². The minimum atomic E-state index is 0.0755. The van der Waals surface area contributed by atoms with Gasteiger partial charge in [-0.3, -0.25) is 0 Å². The van der Waals surface area contributed by atoms with Crippen molar-refractivity contribution in [1.82, 2.24) is 8.97 Å². The predicted molar refractivity (Wildman–Crippen MR) is 260 cm³/mol. The van der Waals surface area contributed by atoms with Crippen LogP contribution in [0.2, 0.25) is 0 Å². The summed E-state index contributed by atoms with van der Waals surface area (Å²) in [5, 5.41) is 10.6. The van der Waals surface area contributed by atoms with Crippen molar-refractivity contribution in [3.8, 4) is 16.8 Å². The van der Waals surface area contributed by atoms with E-state index in [0.717, 1.165) is 0 Å². The van der Waals surface area contributed by atoms with E-state index in [1.54, 1.807) is 0 Å². The molecule has 2 nitrogen and oxygen atoms in total. The van der Waals surface area contributed by atoms with E-state index in [1.165, 1.54) is 154 Å². The largest absolute Gasteiger partial charge is 0.308 e. The molecule has 60 heavy (non-hydrogen) atoms. The number of benzene rings is 9. The zero-order valence-electron chi connectivity index (χ0n) is 34.8. The molecule has 0 fully saturated rings. The van der Waals surface area contributed by atoms with Crippen molar-refractivity contribution in [2.75, 3.05) is 0 Å². The molecule has 0 spiro atoms. The van der Waals surface area contributed by atoms with Gasteiger partial charge in [-0.05, 0) is 119 Å². The van der Waals surface area contributed by atoms with Gasteiger partial charge in [-0.25, -0.2) is 0 Å². The first-order valence-electron chi connectivity index (χ1n) is 21.6. The Kier molecular flexibility index (Phi) is 6.11. The van der Waals surface area contributed by atoms with Crippen molar-refractivity contribution in [3.63, 3.8) is 0 Å². The number of fused-ring (bicyclic) bond motifs is 2. The summed E-state index contributed by atoms with van der Waals surface area (Å²) < 4.78 is 5.53. The maximum Gasteiger partial charge on any atom is 0.247 e. The molecule has 280 valence electrons. The van der Waals surface area contributed by atoms with Gasteiger partial charge in [0.1, 0.15) is 0 Å². The van der Waals surface area contributed by atoms with Crippen LogP contribution in [0, 0.1) is 41.5 Å². The molecule has 12 aromatic rings. The fraction of sp³-hybridized carbons (Fsp3) is 0.107. The number of pyridine rings is 2. The molecular formula is C56H40B2N2. The van der Waals surface area contributed by atoms with Crippen molar-refractivity contribution < 1.29 is 0 Å². The Morgan fingerprint density at radius 1 is 0.367 bits per heavy atom. The molecule has 2 aliphatic rings. The average molecular weight is 763 g/mol. The number of rotatable bonds is 3. The standard InChI is InChI=1S/C56H40B2N2/c1-29-13-7-14-30(2)46(29)37-25-40-38-21-10-19-35-27-44-53-55(47(35)38)59-51(40)41(26-37)39-22-11-20-36-28-45-54(56(59)48(36)39)60(53)52-42(57(44)49-31(3)15-8-16-32(49)4)23-12-24-43(52)58(45)50-33(5)17-9-18-34(50)6/h7-28H,1-6H3. The van der Waals surface area contributed by atoms with Gasteiger partial charge in [-0.15, -0.1) is 0 Å². The van der Waals surface area contributed by atoms with Crippen LogP contribution in [0.1, 0.15) is 33.4 Å². The molecule has 0 saturated carbocycles. The molecule has 0 amide bonds. The summed E-state index contributed by atoms with van der Waals surface area (Å²) in [6, 6.07) is 52.0. The lowest BCUT2D eigenvalue weighted by Gasteiger charge is -2.40. The van der Waals surface area contributed by atoms with Crippen molar-refractivity contribution in [3.05, 3.63) is 167 Å².